The third-order valence-corrected chi connectivity index (χ3v) is 3.68. The van der Waals surface area contributed by atoms with Gasteiger partial charge in [-0.15, -0.1) is 0 Å². The lowest BCUT2D eigenvalue weighted by molar-refractivity contribution is -0.132. The van der Waals surface area contributed by atoms with Crippen molar-refractivity contribution < 1.29 is 4.79 Å². The zero-order chi connectivity index (χ0) is 15.6. The predicted octanol–water partition coefficient (Wildman–Crippen LogP) is 0.904. The summed E-state index contributed by atoms with van der Waals surface area (Å²) in [6, 6.07) is 1.58. The van der Waals surface area contributed by atoms with Crippen molar-refractivity contribution in [3.63, 3.8) is 0 Å². The van der Waals surface area contributed by atoms with Crippen LogP contribution in [0.1, 0.15) is 38.2 Å². The predicted molar refractivity (Wildman–Crippen MR) is 83.3 cm³/mol. The Kier molecular flexibility index (Phi) is 4.77. The van der Waals surface area contributed by atoms with E-state index in [1.54, 1.807) is 6.92 Å². The third kappa shape index (κ3) is 3.69. The van der Waals surface area contributed by atoms with E-state index in [1.165, 1.54) is 0 Å². The highest BCUT2D eigenvalue weighted by atomic mass is 16.2. The molecular weight excluding hydrogens is 266 g/mol. The average molecular weight is 291 g/mol. The Morgan fingerprint density at radius 2 is 1.81 bits per heavy atom. The fourth-order valence-electron chi connectivity index (χ4n) is 2.44. The van der Waals surface area contributed by atoms with Crippen molar-refractivity contribution in [1.82, 2.24) is 14.9 Å². The Labute approximate surface area is 126 Å². The van der Waals surface area contributed by atoms with Gasteiger partial charge < -0.3 is 15.5 Å². The summed E-state index contributed by atoms with van der Waals surface area (Å²) in [7, 11) is 0. The van der Waals surface area contributed by atoms with Gasteiger partial charge in [0.25, 0.3) is 0 Å². The van der Waals surface area contributed by atoms with Crippen LogP contribution >= 0.6 is 0 Å². The van der Waals surface area contributed by atoms with Gasteiger partial charge in [0, 0.05) is 43.9 Å². The zero-order valence-electron chi connectivity index (χ0n) is 13.3. The fraction of sp³-hybridized carbons (Fsp3) is 0.667. The van der Waals surface area contributed by atoms with Crippen molar-refractivity contribution >= 4 is 11.7 Å². The number of piperazine rings is 1. The first-order chi connectivity index (χ1) is 9.88. The quantitative estimate of drug-likeness (QED) is 0.895. The summed E-state index contributed by atoms with van der Waals surface area (Å²) in [5.41, 5.74) is 6.64. The Bertz CT molecular complexity index is 507. The molecule has 6 heteroatoms. The lowest BCUT2D eigenvalue weighted by Crippen LogP contribution is -2.52. The molecule has 0 saturated carbocycles. The van der Waals surface area contributed by atoms with E-state index in [4.69, 9.17) is 5.73 Å². The largest absolute Gasteiger partial charge is 0.353 e. The summed E-state index contributed by atoms with van der Waals surface area (Å²) in [6.45, 7) is 10.9. The molecule has 6 nitrogen and oxygen atoms in total. The Morgan fingerprint density at radius 3 is 2.33 bits per heavy atom. The van der Waals surface area contributed by atoms with Gasteiger partial charge in [-0.25, -0.2) is 9.97 Å². The molecule has 0 unspecified atom stereocenters. The van der Waals surface area contributed by atoms with Gasteiger partial charge in [0.2, 0.25) is 5.91 Å². The van der Waals surface area contributed by atoms with Crippen LogP contribution in [0.4, 0.5) is 5.82 Å². The van der Waals surface area contributed by atoms with Crippen LogP contribution in [0.3, 0.4) is 0 Å². The van der Waals surface area contributed by atoms with Gasteiger partial charge in [-0.3, -0.25) is 4.79 Å². The molecule has 0 radical (unpaired) electrons. The van der Waals surface area contributed by atoms with Gasteiger partial charge in [0.05, 0.1) is 6.04 Å². The number of amides is 1. The minimum atomic E-state index is -0.426. The van der Waals surface area contributed by atoms with Crippen LogP contribution < -0.4 is 10.6 Å². The van der Waals surface area contributed by atoms with Gasteiger partial charge in [-0.2, -0.15) is 0 Å². The average Bonchev–Trinajstić information content (AvgIpc) is 2.45. The van der Waals surface area contributed by atoms with Crippen LogP contribution in [0.2, 0.25) is 0 Å². The van der Waals surface area contributed by atoms with E-state index in [9.17, 15) is 4.79 Å². The smallest absolute Gasteiger partial charge is 0.239 e. The number of hydrogen-bond donors (Lipinski definition) is 1. The molecular formula is C15H25N5O. The highest BCUT2D eigenvalue weighted by Gasteiger charge is 2.24. The molecule has 21 heavy (non-hydrogen) atoms. The van der Waals surface area contributed by atoms with Crippen LogP contribution in [0, 0.1) is 6.92 Å². The number of hydrogen-bond acceptors (Lipinski definition) is 5. The molecule has 2 rings (SSSR count). The second-order valence-corrected chi connectivity index (χ2v) is 5.98. The van der Waals surface area contributed by atoms with Gasteiger partial charge in [0.1, 0.15) is 11.6 Å². The minimum absolute atomic E-state index is 0.0244. The molecule has 1 fully saturated rings. The van der Waals surface area contributed by atoms with E-state index in [2.05, 4.69) is 28.7 Å². The molecule has 1 amide bonds. The Balaban J connectivity index is 2.07. The van der Waals surface area contributed by atoms with Crippen LogP contribution in [-0.2, 0) is 4.79 Å². The zero-order valence-corrected chi connectivity index (χ0v) is 13.3. The second-order valence-electron chi connectivity index (χ2n) is 5.98. The first kappa shape index (κ1) is 15.7. The number of rotatable bonds is 3. The Hall–Kier alpha value is -1.69. The van der Waals surface area contributed by atoms with Crippen molar-refractivity contribution in [3.05, 3.63) is 17.6 Å². The number of aromatic nitrogens is 2. The van der Waals surface area contributed by atoms with Crippen LogP contribution in [0.5, 0.6) is 0 Å². The van der Waals surface area contributed by atoms with Gasteiger partial charge in [-0.1, -0.05) is 13.8 Å². The molecule has 1 aliphatic heterocycles. The second kappa shape index (κ2) is 6.39. The van der Waals surface area contributed by atoms with Crippen molar-refractivity contribution in [2.75, 3.05) is 31.1 Å². The first-order valence-electron chi connectivity index (χ1n) is 7.53. The molecule has 1 aromatic heterocycles. The minimum Gasteiger partial charge on any atom is -0.353 e. The molecule has 1 aliphatic rings. The van der Waals surface area contributed by atoms with E-state index in [1.807, 2.05) is 17.9 Å². The lowest BCUT2D eigenvalue weighted by atomic mass is 10.2. The number of carbonyl (C=O) groups excluding carboxylic acids is 1. The van der Waals surface area contributed by atoms with E-state index < -0.39 is 6.04 Å². The van der Waals surface area contributed by atoms with Gasteiger partial charge in [0.15, 0.2) is 0 Å². The number of anilines is 1. The number of nitrogens with two attached hydrogens (primary N) is 1. The number of nitrogens with zero attached hydrogens (tertiary/aromatic N) is 4. The standard InChI is InChI=1S/C15H25N5O/c1-10(2)14-17-11(3)9-13(18-14)19-5-7-20(8-6-19)15(21)12(4)16/h9-10,12H,5-8,16H2,1-4H3/t12-/m1/s1. The SMILES string of the molecule is Cc1cc(N2CCN(C(=O)[C@@H](C)N)CC2)nc(C(C)C)n1. The molecule has 1 aromatic rings. The maximum atomic E-state index is 11.9. The highest BCUT2D eigenvalue weighted by Crippen LogP contribution is 2.18. The molecule has 0 bridgehead atoms. The number of carbonyl (C=O) groups is 1. The van der Waals surface area contributed by atoms with Crippen LogP contribution in [0.25, 0.3) is 0 Å². The monoisotopic (exact) mass is 291 g/mol. The fourth-order valence-corrected chi connectivity index (χ4v) is 2.44. The van der Waals surface area contributed by atoms with E-state index in [-0.39, 0.29) is 5.91 Å². The van der Waals surface area contributed by atoms with E-state index in [0.29, 0.717) is 19.0 Å². The number of aryl methyl sites for hydroxylation is 1. The third-order valence-electron chi connectivity index (χ3n) is 3.68. The van der Waals surface area contributed by atoms with Crippen molar-refractivity contribution in [2.24, 2.45) is 5.73 Å². The van der Waals surface area contributed by atoms with Crippen LogP contribution in [-0.4, -0.2) is 53.0 Å². The van der Waals surface area contributed by atoms with Crippen LogP contribution in [0.15, 0.2) is 6.07 Å². The maximum absolute atomic E-state index is 11.9. The summed E-state index contributed by atoms with van der Waals surface area (Å²) in [6.07, 6.45) is 0. The topological polar surface area (TPSA) is 75.3 Å². The van der Waals surface area contributed by atoms with Gasteiger partial charge >= 0.3 is 0 Å². The molecule has 116 valence electrons. The molecule has 2 N–H and O–H groups in total. The lowest BCUT2D eigenvalue weighted by Gasteiger charge is -2.36. The summed E-state index contributed by atoms with van der Waals surface area (Å²) in [5.74, 6) is 2.17. The molecule has 1 saturated heterocycles. The van der Waals surface area contributed by atoms with E-state index >= 15 is 0 Å². The summed E-state index contributed by atoms with van der Waals surface area (Å²) >= 11 is 0. The molecule has 2 heterocycles. The van der Waals surface area contributed by atoms with Crippen molar-refractivity contribution in [3.8, 4) is 0 Å². The molecule has 0 aliphatic carbocycles. The first-order valence-corrected chi connectivity index (χ1v) is 7.53. The van der Waals surface area contributed by atoms with E-state index in [0.717, 1.165) is 30.4 Å². The summed E-state index contributed by atoms with van der Waals surface area (Å²) < 4.78 is 0. The van der Waals surface area contributed by atoms with Gasteiger partial charge in [-0.05, 0) is 13.8 Å². The maximum Gasteiger partial charge on any atom is 0.239 e. The normalized spacial score (nSPS) is 17.2. The summed E-state index contributed by atoms with van der Waals surface area (Å²) in [5, 5.41) is 0. The highest BCUT2D eigenvalue weighted by molar-refractivity contribution is 5.81. The van der Waals surface area contributed by atoms with Crippen molar-refractivity contribution in [2.45, 2.75) is 39.7 Å². The summed E-state index contributed by atoms with van der Waals surface area (Å²) in [4.78, 5) is 25.1. The molecule has 1 atom stereocenters. The Morgan fingerprint density at radius 1 is 1.19 bits per heavy atom. The molecule has 0 aromatic carbocycles. The van der Waals surface area contributed by atoms with Crippen molar-refractivity contribution in [1.29, 1.82) is 0 Å². The molecule has 0 spiro atoms.